The van der Waals surface area contributed by atoms with Crippen molar-refractivity contribution < 1.29 is 4.48 Å². The third-order valence-electron chi connectivity index (χ3n) is 2.42. The topological polar surface area (TPSA) is 0 Å². The molecule has 2 atom stereocenters. The third-order valence-corrected chi connectivity index (χ3v) is 2.42. The minimum atomic E-state index is 0.929. The molecule has 0 aromatic carbocycles. The molecule has 1 rings (SSSR count). The number of rotatable bonds is 0. The van der Waals surface area contributed by atoms with E-state index in [1.807, 2.05) is 0 Å². The highest BCUT2D eigenvalue weighted by molar-refractivity contribution is 4.64. The van der Waals surface area contributed by atoms with Crippen molar-refractivity contribution in [1.29, 1.82) is 0 Å². The van der Waals surface area contributed by atoms with Crippen LogP contribution in [0.25, 0.3) is 0 Å². The minimum absolute atomic E-state index is 0.929. The molecule has 0 spiro atoms. The quantitative estimate of drug-likeness (QED) is 0.452. The molecule has 0 saturated carbocycles. The van der Waals surface area contributed by atoms with Gasteiger partial charge in [-0.1, -0.05) is 13.8 Å². The fourth-order valence-corrected chi connectivity index (χ4v) is 2.60. The first-order valence-electron chi connectivity index (χ1n) is 4.31. The van der Waals surface area contributed by atoms with Gasteiger partial charge in [0, 0.05) is 11.8 Å². The van der Waals surface area contributed by atoms with Crippen molar-refractivity contribution >= 4 is 0 Å². The Hall–Kier alpha value is -0.0400. The van der Waals surface area contributed by atoms with Gasteiger partial charge in [-0.15, -0.1) is 0 Å². The Morgan fingerprint density at radius 2 is 1.40 bits per heavy atom. The molecule has 1 aliphatic heterocycles. The van der Waals surface area contributed by atoms with E-state index in [2.05, 4.69) is 27.9 Å². The van der Waals surface area contributed by atoms with Crippen LogP contribution in [0.5, 0.6) is 0 Å². The molecule has 1 heteroatoms. The van der Waals surface area contributed by atoms with Crippen molar-refractivity contribution in [2.75, 3.05) is 27.2 Å². The van der Waals surface area contributed by atoms with Crippen LogP contribution in [-0.4, -0.2) is 31.7 Å². The molecule has 0 aliphatic carbocycles. The van der Waals surface area contributed by atoms with Gasteiger partial charge in [-0.25, -0.2) is 0 Å². The fraction of sp³-hybridized carbons (Fsp3) is 1.00. The van der Waals surface area contributed by atoms with Crippen LogP contribution in [0.1, 0.15) is 20.3 Å². The Bertz CT molecular complexity index is 106. The van der Waals surface area contributed by atoms with Gasteiger partial charge in [-0.3, -0.25) is 0 Å². The summed E-state index contributed by atoms with van der Waals surface area (Å²) < 4.78 is 1.22. The number of hydrogen-bond acceptors (Lipinski definition) is 0. The van der Waals surface area contributed by atoms with Crippen LogP contribution in [0.4, 0.5) is 0 Å². The first kappa shape index (κ1) is 8.06. The number of nitrogens with zero attached hydrogens (tertiary/aromatic N) is 1. The zero-order valence-electron chi connectivity index (χ0n) is 7.72. The summed E-state index contributed by atoms with van der Waals surface area (Å²) in [5.74, 6) is 1.86. The highest BCUT2D eigenvalue weighted by Crippen LogP contribution is 2.23. The summed E-state index contributed by atoms with van der Waals surface area (Å²) in [5, 5.41) is 0. The largest absolute Gasteiger partial charge is 0.328 e. The first-order chi connectivity index (χ1) is 4.49. The van der Waals surface area contributed by atoms with E-state index < -0.39 is 0 Å². The fourth-order valence-electron chi connectivity index (χ4n) is 2.60. The van der Waals surface area contributed by atoms with E-state index in [0.717, 1.165) is 11.8 Å². The standard InChI is InChI=1S/C9H20N/c1-8-5-9(2)7-10(3,4)6-8/h8-9H,5-7H2,1-4H3/q+1/t8-,9+. The summed E-state index contributed by atoms with van der Waals surface area (Å²) in [7, 11) is 4.68. The number of likely N-dealkylation sites (tertiary alicyclic amines) is 1. The third kappa shape index (κ3) is 1.98. The second kappa shape index (κ2) is 2.54. The predicted molar refractivity (Wildman–Crippen MR) is 44.8 cm³/mol. The van der Waals surface area contributed by atoms with Gasteiger partial charge in [0.2, 0.25) is 0 Å². The zero-order valence-corrected chi connectivity index (χ0v) is 7.72. The van der Waals surface area contributed by atoms with Crippen molar-refractivity contribution in [3.05, 3.63) is 0 Å². The van der Waals surface area contributed by atoms with E-state index in [1.165, 1.54) is 24.0 Å². The van der Waals surface area contributed by atoms with Gasteiger partial charge >= 0.3 is 0 Å². The van der Waals surface area contributed by atoms with Crippen molar-refractivity contribution in [2.24, 2.45) is 11.8 Å². The van der Waals surface area contributed by atoms with Crippen LogP contribution < -0.4 is 0 Å². The highest BCUT2D eigenvalue weighted by Gasteiger charge is 2.28. The van der Waals surface area contributed by atoms with E-state index in [9.17, 15) is 0 Å². The average Bonchev–Trinajstić information content (AvgIpc) is 1.54. The molecule has 10 heavy (non-hydrogen) atoms. The number of piperidine rings is 1. The Balaban J connectivity index is 2.51. The second-order valence-corrected chi connectivity index (χ2v) is 4.75. The Kier molecular flexibility index (Phi) is 2.04. The maximum atomic E-state index is 2.37. The van der Waals surface area contributed by atoms with Crippen molar-refractivity contribution in [3.63, 3.8) is 0 Å². The molecular weight excluding hydrogens is 122 g/mol. The lowest BCUT2D eigenvalue weighted by Crippen LogP contribution is -2.49. The summed E-state index contributed by atoms with van der Waals surface area (Å²) >= 11 is 0. The molecule has 1 heterocycles. The Labute approximate surface area is 64.6 Å². The minimum Gasteiger partial charge on any atom is -0.328 e. The van der Waals surface area contributed by atoms with Crippen LogP contribution >= 0.6 is 0 Å². The molecule has 0 aromatic heterocycles. The molecule has 1 aliphatic rings. The molecule has 0 N–H and O–H groups in total. The predicted octanol–water partition coefficient (Wildman–Crippen LogP) is 1.74. The second-order valence-electron chi connectivity index (χ2n) is 4.75. The molecule has 0 unspecified atom stereocenters. The molecule has 0 bridgehead atoms. The van der Waals surface area contributed by atoms with Crippen LogP contribution in [0, 0.1) is 11.8 Å². The van der Waals surface area contributed by atoms with E-state index in [-0.39, 0.29) is 0 Å². The molecule has 60 valence electrons. The Morgan fingerprint density at radius 3 is 1.70 bits per heavy atom. The van der Waals surface area contributed by atoms with Gasteiger partial charge < -0.3 is 4.48 Å². The molecule has 0 radical (unpaired) electrons. The molecular formula is C9H20N+. The van der Waals surface area contributed by atoms with Gasteiger partial charge in [0.05, 0.1) is 27.2 Å². The van der Waals surface area contributed by atoms with Crippen LogP contribution in [0.15, 0.2) is 0 Å². The highest BCUT2D eigenvalue weighted by atomic mass is 15.3. The summed E-state index contributed by atoms with van der Waals surface area (Å²) in [5.41, 5.74) is 0. The summed E-state index contributed by atoms with van der Waals surface area (Å²) in [6.07, 6.45) is 1.43. The Morgan fingerprint density at radius 1 is 1.00 bits per heavy atom. The maximum Gasteiger partial charge on any atom is 0.0808 e. The van der Waals surface area contributed by atoms with E-state index in [4.69, 9.17) is 0 Å². The SMILES string of the molecule is C[C@@H]1C[C@H](C)C[N+](C)(C)C1. The molecule has 0 amide bonds. The van der Waals surface area contributed by atoms with Crippen molar-refractivity contribution in [2.45, 2.75) is 20.3 Å². The summed E-state index contributed by atoms with van der Waals surface area (Å²) in [6.45, 7) is 7.47. The molecule has 1 saturated heterocycles. The normalized spacial score (nSPS) is 39.6. The van der Waals surface area contributed by atoms with Crippen LogP contribution in [0.3, 0.4) is 0 Å². The van der Waals surface area contributed by atoms with Crippen molar-refractivity contribution in [3.8, 4) is 0 Å². The van der Waals surface area contributed by atoms with Crippen molar-refractivity contribution in [1.82, 2.24) is 0 Å². The average molecular weight is 142 g/mol. The molecule has 0 aromatic rings. The number of quaternary nitrogens is 1. The van der Waals surface area contributed by atoms with Gasteiger partial charge in [-0.05, 0) is 6.42 Å². The lowest BCUT2D eigenvalue weighted by molar-refractivity contribution is -0.902. The molecule has 1 nitrogen and oxygen atoms in total. The van der Waals surface area contributed by atoms with Gasteiger partial charge in [0.15, 0.2) is 0 Å². The van der Waals surface area contributed by atoms with Gasteiger partial charge in [0.25, 0.3) is 0 Å². The molecule has 1 fully saturated rings. The summed E-state index contributed by atoms with van der Waals surface area (Å²) in [6, 6.07) is 0. The van der Waals surface area contributed by atoms with Crippen LogP contribution in [-0.2, 0) is 0 Å². The number of hydrogen-bond donors (Lipinski definition) is 0. The van der Waals surface area contributed by atoms with Gasteiger partial charge in [0.1, 0.15) is 0 Å². The maximum absolute atomic E-state index is 2.37. The van der Waals surface area contributed by atoms with E-state index >= 15 is 0 Å². The van der Waals surface area contributed by atoms with E-state index in [1.54, 1.807) is 0 Å². The zero-order chi connectivity index (χ0) is 7.78. The monoisotopic (exact) mass is 142 g/mol. The first-order valence-corrected chi connectivity index (χ1v) is 4.31. The lowest BCUT2D eigenvalue weighted by atomic mass is 9.91. The van der Waals surface area contributed by atoms with Crippen LogP contribution in [0.2, 0.25) is 0 Å². The van der Waals surface area contributed by atoms with Gasteiger partial charge in [-0.2, -0.15) is 0 Å². The smallest absolute Gasteiger partial charge is 0.0808 e. The van der Waals surface area contributed by atoms with E-state index in [0.29, 0.717) is 0 Å². The summed E-state index contributed by atoms with van der Waals surface area (Å²) in [4.78, 5) is 0. The lowest BCUT2D eigenvalue weighted by Gasteiger charge is -2.40.